The van der Waals surface area contributed by atoms with E-state index in [4.69, 9.17) is 9.99 Å². The van der Waals surface area contributed by atoms with E-state index in [9.17, 15) is 4.79 Å². The van der Waals surface area contributed by atoms with E-state index in [0.29, 0.717) is 17.4 Å². The highest BCUT2D eigenvalue weighted by Gasteiger charge is 2.58. The van der Waals surface area contributed by atoms with Crippen molar-refractivity contribution in [2.45, 2.75) is 55.9 Å². The summed E-state index contributed by atoms with van der Waals surface area (Å²) in [4.78, 5) is 13.5. The van der Waals surface area contributed by atoms with Gasteiger partial charge in [-0.15, -0.1) is 4.33 Å². The van der Waals surface area contributed by atoms with E-state index in [0.717, 1.165) is 35.2 Å². The predicted octanol–water partition coefficient (Wildman–Crippen LogP) is 4.88. The number of hydrogen-bond acceptors (Lipinski definition) is 6. The topological polar surface area (TPSA) is 65.0 Å². The fourth-order valence-corrected chi connectivity index (χ4v) is 6.09. The lowest BCUT2D eigenvalue weighted by molar-refractivity contribution is -0.432. The Balaban J connectivity index is 1.49. The minimum Gasteiger partial charge on any atom is -0.455 e. The van der Waals surface area contributed by atoms with Crippen molar-refractivity contribution in [2.75, 3.05) is 0 Å². The maximum Gasteiger partial charge on any atom is 0.338 e. The first-order valence-electron chi connectivity index (χ1n) is 9.12. The Morgan fingerprint density at radius 2 is 1.72 bits per heavy atom. The van der Waals surface area contributed by atoms with Crippen LogP contribution in [0.4, 0.5) is 0 Å². The molecule has 0 unspecified atom stereocenters. The molecule has 5 rings (SSSR count). The first-order valence-corrected chi connectivity index (χ1v) is 9.87. The van der Waals surface area contributed by atoms with Crippen LogP contribution in [0.2, 0.25) is 0 Å². The van der Waals surface area contributed by atoms with Crippen molar-refractivity contribution in [3.05, 3.63) is 29.8 Å². The molecule has 0 aromatic heterocycles. The average molecular weight is 364 g/mol. The van der Waals surface area contributed by atoms with Crippen molar-refractivity contribution in [3.8, 4) is 0 Å². The zero-order valence-corrected chi connectivity index (χ0v) is 15.2. The van der Waals surface area contributed by atoms with Gasteiger partial charge in [0, 0.05) is 4.90 Å². The Hall–Kier alpha value is -1.08. The van der Waals surface area contributed by atoms with Crippen molar-refractivity contribution in [1.29, 1.82) is 0 Å². The van der Waals surface area contributed by atoms with Gasteiger partial charge < -0.3 is 4.74 Å². The fraction of sp³-hybridized carbons (Fsp3) is 0.632. The van der Waals surface area contributed by atoms with Gasteiger partial charge in [-0.2, -0.15) is 0 Å². The molecule has 25 heavy (non-hydrogen) atoms. The van der Waals surface area contributed by atoms with E-state index in [1.807, 2.05) is 0 Å². The summed E-state index contributed by atoms with van der Waals surface area (Å²) in [6.45, 7) is 2.17. The Kier molecular flexibility index (Phi) is 4.79. The van der Waals surface area contributed by atoms with Crippen LogP contribution in [0.25, 0.3) is 0 Å². The molecule has 4 bridgehead atoms. The van der Waals surface area contributed by atoms with Crippen molar-refractivity contribution in [1.82, 2.24) is 0 Å². The number of benzene rings is 1. The molecule has 136 valence electrons. The number of carbonyl (C=O) groups excluding carboxylic acids is 1. The van der Waals surface area contributed by atoms with Crippen molar-refractivity contribution >= 4 is 18.0 Å². The standard InChI is InChI=1S/C19H24O5S/c1-2-19(15-8-12-7-13(10-15)11-16(19)9-12)22-18(20)14-3-5-17(6-4-14)25-24-23-21/h3-6,12-13,15-16,21H,2,7-11H2,1H3. The predicted molar refractivity (Wildman–Crippen MR) is 92.6 cm³/mol. The maximum atomic E-state index is 12.8. The van der Waals surface area contributed by atoms with Gasteiger partial charge in [0.15, 0.2) is 0 Å². The molecular formula is C19H24O5S. The lowest BCUT2D eigenvalue weighted by atomic mass is 9.49. The molecule has 0 heterocycles. The zero-order chi connectivity index (χ0) is 17.4. The van der Waals surface area contributed by atoms with Crippen LogP contribution in [0.3, 0.4) is 0 Å². The number of carbonyl (C=O) groups is 1. The zero-order valence-electron chi connectivity index (χ0n) is 14.3. The van der Waals surface area contributed by atoms with Crippen molar-refractivity contribution in [2.24, 2.45) is 23.7 Å². The third-order valence-corrected chi connectivity index (χ3v) is 7.20. The monoisotopic (exact) mass is 364 g/mol. The van der Waals surface area contributed by atoms with Crippen LogP contribution in [0.15, 0.2) is 29.2 Å². The second kappa shape index (κ2) is 6.91. The molecular weight excluding hydrogens is 340 g/mol. The van der Waals surface area contributed by atoms with Crippen molar-refractivity contribution in [3.63, 3.8) is 0 Å². The smallest absolute Gasteiger partial charge is 0.338 e. The number of rotatable bonds is 6. The molecule has 4 aliphatic rings. The Morgan fingerprint density at radius 3 is 2.24 bits per heavy atom. The summed E-state index contributed by atoms with van der Waals surface area (Å²) in [7, 11) is 0. The van der Waals surface area contributed by atoms with Crippen LogP contribution in [0, 0.1) is 23.7 Å². The van der Waals surface area contributed by atoms with Crippen LogP contribution < -0.4 is 0 Å². The molecule has 0 saturated heterocycles. The van der Waals surface area contributed by atoms with Crippen LogP contribution >= 0.6 is 12.0 Å². The lowest BCUT2D eigenvalue weighted by Gasteiger charge is -2.60. The first-order chi connectivity index (χ1) is 12.1. The number of ether oxygens (including phenoxy) is 1. The highest BCUT2D eigenvalue weighted by molar-refractivity contribution is 7.94. The molecule has 0 spiro atoms. The van der Waals surface area contributed by atoms with E-state index < -0.39 is 0 Å². The van der Waals surface area contributed by atoms with Gasteiger partial charge >= 0.3 is 5.97 Å². The van der Waals surface area contributed by atoms with E-state index >= 15 is 0 Å². The van der Waals surface area contributed by atoms with Gasteiger partial charge in [-0.05, 0) is 86.5 Å². The third kappa shape index (κ3) is 3.10. The van der Waals surface area contributed by atoms with Gasteiger partial charge in [-0.25, -0.2) is 10.1 Å². The molecule has 6 heteroatoms. The highest BCUT2D eigenvalue weighted by Crippen LogP contribution is 2.60. The molecule has 0 amide bonds. The molecule has 5 nitrogen and oxygen atoms in total. The summed E-state index contributed by atoms with van der Waals surface area (Å²) < 4.78 is 10.6. The second-order valence-corrected chi connectivity index (χ2v) is 8.53. The van der Waals surface area contributed by atoms with E-state index in [2.05, 4.69) is 16.3 Å². The molecule has 0 aliphatic heterocycles. The summed E-state index contributed by atoms with van der Waals surface area (Å²) in [6.07, 6.45) is 7.19. The SMILES string of the molecule is CCC1(OC(=O)c2ccc(SOOO)cc2)C2CC3CC(C2)CC1C3. The van der Waals surface area contributed by atoms with Gasteiger partial charge in [0.1, 0.15) is 5.60 Å². The van der Waals surface area contributed by atoms with Gasteiger partial charge in [0.2, 0.25) is 0 Å². The van der Waals surface area contributed by atoms with E-state index in [1.54, 1.807) is 24.3 Å². The fourth-order valence-electron chi connectivity index (χ4n) is 5.73. The van der Waals surface area contributed by atoms with Crippen molar-refractivity contribution < 1.29 is 24.2 Å². The quantitative estimate of drug-likeness (QED) is 0.336. The van der Waals surface area contributed by atoms with Crippen LogP contribution in [-0.2, 0) is 14.1 Å². The number of esters is 1. The van der Waals surface area contributed by atoms with Crippen LogP contribution in [0.1, 0.15) is 55.8 Å². The van der Waals surface area contributed by atoms with Gasteiger partial charge in [0.05, 0.1) is 17.6 Å². The van der Waals surface area contributed by atoms with E-state index in [1.165, 1.54) is 32.1 Å². The average Bonchev–Trinajstić information content (AvgIpc) is 2.63. The molecule has 4 saturated carbocycles. The summed E-state index contributed by atoms with van der Waals surface area (Å²) in [5, 5.41) is 11.8. The minimum absolute atomic E-state index is 0.231. The molecule has 0 atom stereocenters. The molecule has 1 aromatic rings. The summed E-state index contributed by atoms with van der Waals surface area (Å²) in [5.74, 6) is 2.53. The molecule has 4 aliphatic carbocycles. The Bertz CT molecular complexity index is 601. The van der Waals surface area contributed by atoms with E-state index in [-0.39, 0.29) is 11.6 Å². The third-order valence-electron chi connectivity index (χ3n) is 6.61. The van der Waals surface area contributed by atoms with Gasteiger partial charge in [0.25, 0.3) is 0 Å². The summed E-state index contributed by atoms with van der Waals surface area (Å²) >= 11 is 0.875. The lowest BCUT2D eigenvalue weighted by Crippen LogP contribution is -2.59. The van der Waals surface area contributed by atoms with Crippen LogP contribution in [-0.4, -0.2) is 16.8 Å². The largest absolute Gasteiger partial charge is 0.455 e. The molecule has 1 N–H and O–H groups in total. The molecule has 0 radical (unpaired) electrons. The van der Waals surface area contributed by atoms with Gasteiger partial charge in [-0.3, -0.25) is 0 Å². The molecule has 1 aromatic carbocycles. The van der Waals surface area contributed by atoms with Gasteiger partial charge in [-0.1, -0.05) is 12.0 Å². The summed E-state index contributed by atoms with van der Waals surface area (Å²) in [6, 6.07) is 6.95. The normalized spacial score (nSPS) is 35.8. The number of hydrogen-bond donors (Lipinski definition) is 1. The minimum atomic E-state index is -0.272. The summed E-state index contributed by atoms with van der Waals surface area (Å²) in [5.41, 5.74) is 0.280. The second-order valence-electron chi connectivity index (χ2n) is 7.75. The highest BCUT2D eigenvalue weighted by atomic mass is 32.2. The Morgan fingerprint density at radius 1 is 1.12 bits per heavy atom. The maximum absolute atomic E-state index is 12.8. The molecule has 4 fully saturated rings. The Labute approximate surface area is 152 Å². The first kappa shape index (κ1) is 17.3. The van der Waals surface area contributed by atoms with Crippen LogP contribution in [0.5, 0.6) is 0 Å².